The van der Waals surface area contributed by atoms with E-state index >= 15 is 0 Å². The lowest BCUT2D eigenvalue weighted by Gasteiger charge is -2.24. The van der Waals surface area contributed by atoms with Crippen molar-refractivity contribution in [2.45, 2.75) is 93.0 Å². The first-order valence-corrected chi connectivity index (χ1v) is 15.7. The molecule has 0 fully saturated rings. The summed E-state index contributed by atoms with van der Waals surface area (Å²) in [6.07, 6.45) is 12.1. The van der Waals surface area contributed by atoms with Crippen LogP contribution < -0.4 is 10.6 Å². The molecule has 0 bridgehead atoms. The van der Waals surface area contributed by atoms with Crippen molar-refractivity contribution in [1.29, 1.82) is 0 Å². The van der Waals surface area contributed by atoms with E-state index in [1.807, 2.05) is 60.6 Å². The molecule has 0 amide bonds. The molecule has 0 aliphatic carbocycles. The van der Waals surface area contributed by atoms with E-state index in [4.69, 9.17) is 4.98 Å². The topological polar surface area (TPSA) is 124 Å². The quantitative estimate of drug-likeness (QED) is 0.172. The summed E-state index contributed by atoms with van der Waals surface area (Å²) in [6, 6.07) is 3.47. The number of anilines is 2. The molecule has 3 heterocycles. The standard InChI is InChI=1S/C27H38N6O3.3C2H6/c1-3-8-22-23(4-2)29-19-30-26(22)32-24(27(35)36)13-16-33(17-18-34)15-6-5-10-21-12-11-20-9-7-14-28-25(20)31-21;3*1-2/h3-4,8,11-12,19,24,34H,2,5-7,9-10,13-18H2,1H3,(H,28,31)(H,35,36)(H,29,30,32);3*1-2H3/b8-3-;;;. The van der Waals surface area contributed by atoms with Crippen molar-refractivity contribution in [2.75, 3.05) is 43.4 Å². The number of carbonyl (C=O) groups is 1. The van der Waals surface area contributed by atoms with Gasteiger partial charge in [0.15, 0.2) is 0 Å². The van der Waals surface area contributed by atoms with E-state index < -0.39 is 12.0 Å². The average molecular weight is 585 g/mol. The van der Waals surface area contributed by atoms with E-state index in [0.717, 1.165) is 56.7 Å². The number of nitrogens with one attached hydrogen (secondary N) is 2. The second-order valence-corrected chi connectivity index (χ2v) is 8.91. The second kappa shape index (κ2) is 24.3. The minimum atomic E-state index is -0.948. The highest BCUT2D eigenvalue weighted by Gasteiger charge is 2.21. The molecule has 42 heavy (non-hydrogen) atoms. The molecule has 4 N–H and O–H groups in total. The first-order valence-electron chi connectivity index (χ1n) is 15.7. The van der Waals surface area contributed by atoms with Crippen LogP contribution in [0.5, 0.6) is 0 Å². The smallest absolute Gasteiger partial charge is 0.326 e. The Balaban J connectivity index is 0.00000263. The number of carboxylic acids is 1. The maximum absolute atomic E-state index is 12.0. The predicted octanol–water partition coefficient (Wildman–Crippen LogP) is 6.56. The lowest BCUT2D eigenvalue weighted by molar-refractivity contribution is -0.138. The molecule has 1 atom stereocenters. The van der Waals surface area contributed by atoms with Crippen molar-refractivity contribution in [3.8, 4) is 0 Å². The number of fused-ring (bicyclic) bond motifs is 1. The zero-order valence-electron chi connectivity index (χ0n) is 27.1. The van der Waals surface area contributed by atoms with Gasteiger partial charge in [0.25, 0.3) is 0 Å². The van der Waals surface area contributed by atoms with Crippen LogP contribution in [-0.2, 0) is 17.6 Å². The van der Waals surface area contributed by atoms with Gasteiger partial charge in [-0.3, -0.25) is 0 Å². The Kier molecular flexibility index (Phi) is 22.4. The normalized spacial score (nSPS) is 12.3. The molecule has 0 aromatic carbocycles. The number of rotatable bonds is 15. The van der Waals surface area contributed by atoms with Gasteiger partial charge in [-0.25, -0.2) is 19.7 Å². The van der Waals surface area contributed by atoms with Crippen LogP contribution in [-0.4, -0.2) is 74.9 Å². The summed E-state index contributed by atoms with van der Waals surface area (Å²) in [4.78, 5) is 27.3. The summed E-state index contributed by atoms with van der Waals surface area (Å²) < 4.78 is 0. The van der Waals surface area contributed by atoms with Crippen molar-refractivity contribution in [2.24, 2.45) is 0 Å². The first-order chi connectivity index (χ1) is 20.5. The molecule has 2 aromatic rings. The van der Waals surface area contributed by atoms with Gasteiger partial charge in [0.2, 0.25) is 0 Å². The number of nitrogens with zero attached hydrogens (tertiary/aromatic N) is 4. The van der Waals surface area contributed by atoms with Crippen LogP contribution in [0.25, 0.3) is 12.2 Å². The Morgan fingerprint density at radius 2 is 1.86 bits per heavy atom. The number of carboxylic acid groups (broad SMARTS) is 1. The molecular formula is C33H56N6O3. The molecule has 0 spiro atoms. The number of allylic oxidation sites excluding steroid dienone is 1. The molecule has 1 aliphatic rings. The maximum Gasteiger partial charge on any atom is 0.326 e. The highest BCUT2D eigenvalue weighted by atomic mass is 16.4. The summed E-state index contributed by atoms with van der Waals surface area (Å²) in [7, 11) is 0. The maximum atomic E-state index is 12.0. The third-order valence-corrected chi connectivity index (χ3v) is 6.31. The third kappa shape index (κ3) is 13.6. The molecule has 0 saturated heterocycles. The number of aryl methyl sites for hydroxylation is 2. The summed E-state index contributed by atoms with van der Waals surface area (Å²) in [6.45, 7) is 20.5. The van der Waals surface area contributed by atoms with Gasteiger partial charge in [-0.05, 0) is 69.7 Å². The van der Waals surface area contributed by atoms with Crippen molar-refractivity contribution in [1.82, 2.24) is 19.9 Å². The van der Waals surface area contributed by atoms with Gasteiger partial charge >= 0.3 is 5.97 Å². The fourth-order valence-electron chi connectivity index (χ4n) is 4.38. The van der Waals surface area contributed by atoms with Gasteiger partial charge in [0, 0.05) is 30.9 Å². The average Bonchev–Trinajstić information content (AvgIpc) is 3.04. The lowest BCUT2D eigenvalue weighted by atomic mass is 10.1. The van der Waals surface area contributed by atoms with E-state index in [1.165, 1.54) is 11.9 Å². The van der Waals surface area contributed by atoms with E-state index in [9.17, 15) is 15.0 Å². The number of aliphatic carboxylic acids is 1. The number of aromatic nitrogens is 3. The van der Waals surface area contributed by atoms with Crippen LogP contribution in [0.4, 0.5) is 11.6 Å². The van der Waals surface area contributed by atoms with Crippen molar-refractivity contribution < 1.29 is 15.0 Å². The fourth-order valence-corrected chi connectivity index (χ4v) is 4.38. The van der Waals surface area contributed by atoms with Gasteiger partial charge in [0.1, 0.15) is 24.0 Å². The molecular weight excluding hydrogens is 528 g/mol. The Morgan fingerprint density at radius 1 is 1.12 bits per heavy atom. The largest absolute Gasteiger partial charge is 0.480 e. The summed E-state index contributed by atoms with van der Waals surface area (Å²) in [5.41, 5.74) is 3.73. The molecule has 1 aliphatic heterocycles. The van der Waals surface area contributed by atoms with E-state index in [-0.39, 0.29) is 6.61 Å². The zero-order chi connectivity index (χ0) is 31.8. The number of hydrogen-bond acceptors (Lipinski definition) is 8. The molecule has 2 aromatic heterocycles. The van der Waals surface area contributed by atoms with Crippen molar-refractivity contribution in [3.63, 3.8) is 0 Å². The SMILES string of the molecule is C=Cc1ncnc(NC(CCN(CCO)CCCCc2ccc3c(n2)NCCC3)C(=O)O)c1/C=C\C.CC.CC.CC. The molecule has 0 radical (unpaired) electrons. The number of aliphatic hydroxyl groups excluding tert-OH is 1. The third-order valence-electron chi connectivity index (χ3n) is 6.31. The van der Waals surface area contributed by atoms with E-state index in [2.05, 4.69) is 44.2 Å². The number of aliphatic hydroxyl groups is 1. The van der Waals surface area contributed by atoms with Crippen LogP contribution in [0.15, 0.2) is 31.1 Å². The van der Waals surface area contributed by atoms with Gasteiger partial charge in [0.05, 0.1) is 12.3 Å². The minimum Gasteiger partial charge on any atom is -0.480 e. The summed E-state index contributed by atoms with van der Waals surface area (Å²) >= 11 is 0. The van der Waals surface area contributed by atoms with Gasteiger partial charge < -0.3 is 25.7 Å². The molecule has 3 rings (SSSR count). The number of hydrogen-bond donors (Lipinski definition) is 4. The van der Waals surface area contributed by atoms with Gasteiger partial charge in [-0.15, -0.1) is 0 Å². The Labute approximate surface area is 254 Å². The van der Waals surface area contributed by atoms with Crippen LogP contribution in [0.3, 0.4) is 0 Å². The van der Waals surface area contributed by atoms with Crippen LogP contribution >= 0.6 is 0 Å². The molecule has 236 valence electrons. The monoisotopic (exact) mass is 584 g/mol. The first kappa shape index (κ1) is 38.7. The van der Waals surface area contributed by atoms with Gasteiger partial charge in [-0.2, -0.15) is 0 Å². The Hall–Kier alpha value is -3.30. The van der Waals surface area contributed by atoms with E-state index in [1.54, 1.807) is 6.08 Å². The fraction of sp³-hybridized carbons (Fsp3) is 0.576. The highest BCUT2D eigenvalue weighted by Crippen LogP contribution is 2.21. The van der Waals surface area contributed by atoms with Crippen LogP contribution in [0.1, 0.15) is 96.7 Å². The molecule has 0 saturated carbocycles. The summed E-state index contributed by atoms with van der Waals surface area (Å²) in [5, 5.41) is 25.8. The van der Waals surface area contributed by atoms with Crippen molar-refractivity contribution >= 4 is 29.8 Å². The Morgan fingerprint density at radius 3 is 2.50 bits per heavy atom. The number of pyridine rings is 1. The van der Waals surface area contributed by atoms with Crippen LogP contribution in [0.2, 0.25) is 0 Å². The number of unbranched alkanes of at least 4 members (excludes halogenated alkanes) is 1. The minimum absolute atomic E-state index is 0.0310. The molecule has 9 nitrogen and oxygen atoms in total. The highest BCUT2D eigenvalue weighted by molar-refractivity contribution is 5.79. The van der Waals surface area contributed by atoms with E-state index in [0.29, 0.717) is 36.6 Å². The molecule has 1 unspecified atom stereocenters. The second-order valence-electron chi connectivity index (χ2n) is 8.91. The molecule has 9 heteroatoms. The summed E-state index contributed by atoms with van der Waals surface area (Å²) in [5.74, 6) is 0.539. The van der Waals surface area contributed by atoms with Crippen LogP contribution in [0, 0.1) is 0 Å². The lowest BCUT2D eigenvalue weighted by Crippen LogP contribution is -2.37. The zero-order valence-corrected chi connectivity index (χ0v) is 27.1. The van der Waals surface area contributed by atoms with Gasteiger partial charge in [-0.1, -0.05) is 66.3 Å². The van der Waals surface area contributed by atoms with Crippen molar-refractivity contribution in [3.05, 3.63) is 53.6 Å². The Bertz CT molecular complexity index is 1040. The predicted molar refractivity (Wildman–Crippen MR) is 178 cm³/mol.